The average Bonchev–Trinajstić information content (AvgIpc) is 2.62. The lowest BCUT2D eigenvalue weighted by atomic mass is 10.3. The number of primary amides is 1. The number of ether oxygens (including phenoxy) is 1. The van der Waals surface area contributed by atoms with Crippen molar-refractivity contribution in [2.75, 3.05) is 26.3 Å². The van der Waals surface area contributed by atoms with Gasteiger partial charge in [-0.25, -0.2) is 4.98 Å². The summed E-state index contributed by atoms with van der Waals surface area (Å²) in [7, 11) is 0. The summed E-state index contributed by atoms with van der Waals surface area (Å²) in [6.45, 7) is 4.14. The fourth-order valence-corrected chi connectivity index (χ4v) is 1.99. The number of carbonyl (C=O) groups excluding carboxylic acids is 1. The molecule has 0 saturated carbocycles. The van der Waals surface area contributed by atoms with Gasteiger partial charge in [-0.3, -0.25) is 4.79 Å². The first-order valence-corrected chi connectivity index (χ1v) is 6.04. The van der Waals surface area contributed by atoms with Crippen molar-refractivity contribution in [1.82, 2.24) is 10.3 Å². The zero-order valence-corrected chi connectivity index (χ0v) is 10.2. The topological polar surface area (TPSA) is 77.2 Å². The van der Waals surface area contributed by atoms with Crippen LogP contribution in [0.3, 0.4) is 0 Å². The minimum Gasteiger partial charge on any atom is -0.370 e. The molecule has 0 saturated heterocycles. The molecule has 0 radical (unpaired) electrons. The van der Waals surface area contributed by atoms with E-state index in [4.69, 9.17) is 10.5 Å². The third-order valence-corrected chi connectivity index (χ3v) is 3.04. The number of nitrogens with two attached hydrogens (primary N) is 1. The molecule has 3 N–H and O–H groups in total. The minimum atomic E-state index is -0.430. The number of thiazole rings is 1. The van der Waals surface area contributed by atoms with Gasteiger partial charge >= 0.3 is 0 Å². The molecule has 0 aromatic carbocycles. The molecule has 0 atom stereocenters. The van der Waals surface area contributed by atoms with E-state index in [1.807, 2.05) is 12.4 Å². The quantitative estimate of drug-likeness (QED) is 0.634. The molecule has 0 spiro atoms. The van der Waals surface area contributed by atoms with E-state index in [0.29, 0.717) is 6.61 Å². The van der Waals surface area contributed by atoms with Crippen molar-refractivity contribution in [3.05, 3.63) is 16.1 Å². The van der Waals surface area contributed by atoms with Crippen molar-refractivity contribution in [3.63, 3.8) is 0 Å². The Bertz CT molecular complexity index is 328. The van der Waals surface area contributed by atoms with E-state index < -0.39 is 5.91 Å². The zero-order chi connectivity index (χ0) is 11.8. The van der Waals surface area contributed by atoms with E-state index in [0.717, 1.165) is 25.2 Å². The number of amides is 1. The molecular formula is C10H17N3O2S. The van der Waals surface area contributed by atoms with E-state index in [9.17, 15) is 4.79 Å². The molecule has 1 aromatic heterocycles. The maximum absolute atomic E-state index is 10.4. The molecule has 0 aliphatic carbocycles. The molecule has 1 heterocycles. The summed E-state index contributed by atoms with van der Waals surface area (Å²) in [5.74, 6) is -0.430. The molecule has 0 fully saturated rings. The Morgan fingerprint density at radius 2 is 2.44 bits per heavy atom. The first kappa shape index (κ1) is 13.1. The number of rotatable bonds is 8. The van der Waals surface area contributed by atoms with Gasteiger partial charge in [0, 0.05) is 18.0 Å². The number of nitrogens with zero attached hydrogens (tertiary/aromatic N) is 1. The van der Waals surface area contributed by atoms with Crippen LogP contribution in [-0.2, 0) is 16.0 Å². The van der Waals surface area contributed by atoms with Gasteiger partial charge < -0.3 is 15.8 Å². The van der Waals surface area contributed by atoms with E-state index in [1.165, 1.54) is 4.88 Å². The lowest BCUT2D eigenvalue weighted by Crippen LogP contribution is -2.25. The van der Waals surface area contributed by atoms with Gasteiger partial charge in [-0.1, -0.05) is 0 Å². The van der Waals surface area contributed by atoms with Gasteiger partial charge in [0.05, 0.1) is 17.8 Å². The highest BCUT2D eigenvalue weighted by Crippen LogP contribution is 2.11. The van der Waals surface area contributed by atoms with Crippen LogP contribution in [0.25, 0.3) is 0 Å². The maximum atomic E-state index is 10.4. The van der Waals surface area contributed by atoms with Gasteiger partial charge in [0.1, 0.15) is 6.61 Å². The third-order valence-electron chi connectivity index (χ3n) is 2.04. The Morgan fingerprint density at radius 1 is 1.62 bits per heavy atom. The summed E-state index contributed by atoms with van der Waals surface area (Å²) in [6, 6.07) is 0. The summed E-state index contributed by atoms with van der Waals surface area (Å²) in [4.78, 5) is 15.8. The van der Waals surface area contributed by atoms with Crippen molar-refractivity contribution < 1.29 is 9.53 Å². The Balaban J connectivity index is 1.96. The Morgan fingerprint density at radius 3 is 3.06 bits per heavy atom. The van der Waals surface area contributed by atoms with Crippen LogP contribution in [-0.4, -0.2) is 37.2 Å². The first-order chi connectivity index (χ1) is 7.70. The van der Waals surface area contributed by atoms with Crippen molar-refractivity contribution in [2.24, 2.45) is 5.73 Å². The number of aryl methyl sites for hydroxylation is 1. The summed E-state index contributed by atoms with van der Waals surface area (Å²) in [6.07, 6.45) is 0.978. The fourth-order valence-electron chi connectivity index (χ4n) is 1.21. The molecule has 90 valence electrons. The minimum absolute atomic E-state index is 0.00433. The van der Waals surface area contributed by atoms with Crippen LogP contribution < -0.4 is 11.1 Å². The fraction of sp³-hybridized carbons (Fsp3) is 0.600. The number of nitrogens with one attached hydrogen (secondary N) is 1. The standard InChI is InChI=1S/C10H17N3O2S/c1-8-9(16-7-13-8)2-3-12-4-5-15-6-10(11)14/h7,12H,2-6H2,1H3,(H2,11,14). The van der Waals surface area contributed by atoms with Crippen LogP contribution in [0.15, 0.2) is 5.51 Å². The smallest absolute Gasteiger partial charge is 0.243 e. The summed E-state index contributed by atoms with van der Waals surface area (Å²) >= 11 is 1.68. The van der Waals surface area contributed by atoms with Gasteiger partial charge in [-0.2, -0.15) is 0 Å². The van der Waals surface area contributed by atoms with Crippen LogP contribution in [0, 0.1) is 6.92 Å². The first-order valence-electron chi connectivity index (χ1n) is 5.16. The Labute approximate surface area is 99.0 Å². The summed E-state index contributed by atoms with van der Waals surface area (Å²) in [5.41, 5.74) is 7.89. The third kappa shape index (κ3) is 5.20. The number of hydrogen-bond donors (Lipinski definition) is 2. The van der Waals surface area contributed by atoms with Gasteiger partial charge in [-0.15, -0.1) is 11.3 Å². The summed E-state index contributed by atoms with van der Waals surface area (Å²) < 4.78 is 5.01. The summed E-state index contributed by atoms with van der Waals surface area (Å²) in [5, 5.41) is 3.23. The molecule has 1 rings (SSSR count). The van der Waals surface area contributed by atoms with Crippen LogP contribution in [0.4, 0.5) is 0 Å². The molecule has 5 nitrogen and oxygen atoms in total. The van der Waals surface area contributed by atoms with Crippen LogP contribution >= 0.6 is 11.3 Å². The van der Waals surface area contributed by atoms with Crippen molar-refractivity contribution in [3.8, 4) is 0 Å². The molecule has 0 unspecified atom stereocenters. The lowest BCUT2D eigenvalue weighted by Gasteiger charge is -2.04. The molecular weight excluding hydrogens is 226 g/mol. The van der Waals surface area contributed by atoms with E-state index >= 15 is 0 Å². The van der Waals surface area contributed by atoms with Crippen LogP contribution in [0.1, 0.15) is 10.6 Å². The molecule has 16 heavy (non-hydrogen) atoms. The highest BCUT2D eigenvalue weighted by atomic mass is 32.1. The molecule has 0 aliphatic heterocycles. The highest BCUT2D eigenvalue weighted by Gasteiger charge is 2.00. The van der Waals surface area contributed by atoms with Crippen molar-refractivity contribution in [2.45, 2.75) is 13.3 Å². The monoisotopic (exact) mass is 243 g/mol. The Hall–Kier alpha value is -0.980. The SMILES string of the molecule is Cc1ncsc1CCNCCOCC(N)=O. The highest BCUT2D eigenvalue weighted by molar-refractivity contribution is 7.09. The van der Waals surface area contributed by atoms with Crippen LogP contribution in [0.2, 0.25) is 0 Å². The molecule has 6 heteroatoms. The van der Waals surface area contributed by atoms with Crippen molar-refractivity contribution in [1.29, 1.82) is 0 Å². The molecule has 1 amide bonds. The van der Waals surface area contributed by atoms with Gasteiger partial charge in [-0.05, 0) is 13.3 Å². The van der Waals surface area contributed by atoms with Gasteiger partial charge in [0.25, 0.3) is 0 Å². The molecule has 1 aromatic rings. The van der Waals surface area contributed by atoms with Gasteiger partial charge in [0.15, 0.2) is 0 Å². The van der Waals surface area contributed by atoms with E-state index in [1.54, 1.807) is 11.3 Å². The Kier molecular flexibility index (Phi) is 5.99. The zero-order valence-electron chi connectivity index (χ0n) is 9.36. The second kappa shape index (κ2) is 7.32. The molecule has 0 aliphatic rings. The number of hydrogen-bond acceptors (Lipinski definition) is 5. The second-order valence-corrected chi connectivity index (χ2v) is 4.32. The largest absolute Gasteiger partial charge is 0.370 e. The predicted octanol–water partition coefficient (Wildman–Crippen LogP) is 0.0855. The maximum Gasteiger partial charge on any atom is 0.243 e. The van der Waals surface area contributed by atoms with Crippen molar-refractivity contribution >= 4 is 17.2 Å². The number of carbonyl (C=O) groups is 1. The average molecular weight is 243 g/mol. The van der Waals surface area contributed by atoms with E-state index in [2.05, 4.69) is 10.3 Å². The molecule has 0 bridgehead atoms. The van der Waals surface area contributed by atoms with E-state index in [-0.39, 0.29) is 6.61 Å². The predicted molar refractivity (Wildman–Crippen MR) is 63.4 cm³/mol. The second-order valence-electron chi connectivity index (χ2n) is 3.38. The number of aromatic nitrogens is 1. The normalized spacial score (nSPS) is 10.6. The lowest BCUT2D eigenvalue weighted by molar-refractivity contribution is -0.122. The van der Waals surface area contributed by atoms with Gasteiger partial charge in [0.2, 0.25) is 5.91 Å². The van der Waals surface area contributed by atoms with Crippen LogP contribution in [0.5, 0.6) is 0 Å².